The molecule has 4 heteroatoms. The molecule has 0 bridgehead atoms. The van der Waals surface area contributed by atoms with Crippen molar-refractivity contribution in [2.24, 2.45) is 0 Å². The summed E-state index contributed by atoms with van der Waals surface area (Å²) in [5.41, 5.74) is 11.9. The fraction of sp³-hybridized carbons (Fsp3) is 0.0909. The summed E-state index contributed by atoms with van der Waals surface area (Å²) >= 11 is 0. The Morgan fingerprint density at radius 2 is 1.23 bits per heavy atom. The van der Waals surface area contributed by atoms with Crippen LogP contribution < -0.4 is 4.90 Å². The van der Waals surface area contributed by atoms with Gasteiger partial charge in [-0.1, -0.05) is 78.9 Å². The van der Waals surface area contributed by atoms with Gasteiger partial charge in [-0.25, -0.2) is 0 Å². The van der Waals surface area contributed by atoms with E-state index in [0.29, 0.717) is 0 Å². The molecule has 0 radical (unpaired) electrons. The van der Waals surface area contributed by atoms with Gasteiger partial charge in [0.2, 0.25) is 0 Å². The van der Waals surface area contributed by atoms with E-state index in [-0.39, 0.29) is 17.7 Å². The lowest BCUT2D eigenvalue weighted by Gasteiger charge is -2.31. The zero-order valence-corrected chi connectivity index (χ0v) is 14.5. The first-order chi connectivity index (χ1) is 12.7. The minimum absolute atomic E-state index is 0.0331. The van der Waals surface area contributed by atoms with E-state index in [1.165, 1.54) is 6.92 Å². The molecule has 3 rings (SSSR count). The maximum Gasteiger partial charge on any atom is 0.353 e. The fourth-order valence-electron chi connectivity index (χ4n) is 2.95. The fourth-order valence-corrected chi connectivity index (χ4v) is 2.95. The molecule has 0 aliphatic carbocycles. The number of para-hydroxylation sites is 1. The van der Waals surface area contributed by atoms with E-state index in [1.54, 1.807) is 4.90 Å². The van der Waals surface area contributed by atoms with E-state index in [2.05, 4.69) is 4.79 Å². The Morgan fingerprint density at radius 1 is 0.808 bits per heavy atom. The van der Waals surface area contributed by atoms with Crippen LogP contribution in [0.25, 0.3) is 5.53 Å². The van der Waals surface area contributed by atoms with Crippen LogP contribution in [0.2, 0.25) is 0 Å². The van der Waals surface area contributed by atoms with Crippen LogP contribution in [-0.2, 0) is 4.79 Å². The van der Waals surface area contributed by atoms with Crippen molar-refractivity contribution in [3.63, 3.8) is 0 Å². The van der Waals surface area contributed by atoms with Crippen molar-refractivity contribution >= 4 is 17.3 Å². The monoisotopic (exact) mass is 341 g/mol. The summed E-state index contributed by atoms with van der Waals surface area (Å²) in [6.45, 7) is 1.51. The van der Waals surface area contributed by atoms with Crippen LogP contribution in [0.1, 0.15) is 24.1 Å². The third kappa shape index (κ3) is 3.61. The molecule has 4 nitrogen and oxygen atoms in total. The number of anilines is 1. The molecule has 1 amide bonds. The third-order valence-corrected chi connectivity index (χ3v) is 4.20. The van der Waals surface area contributed by atoms with Crippen LogP contribution in [0, 0.1) is 0 Å². The Hall–Kier alpha value is -3.49. The number of benzene rings is 3. The van der Waals surface area contributed by atoms with E-state index < -0.39 is 0 Å². The summed E-state index contributed by atoms with van der Waals surface area (Å²) in [4.78, 5) is 17.9. The highest BCUT2D eigenvalue weighted by Crippen LogP contribution is 2.33. The van der Waals surface area contributed by atoms with Gasteiger partial charge in [-0.15, -0.1) is 0 Å². The number of carbonyl (C=O) groups excluding carboxylic acids is 1. The van der Waals surface area contributed by atoms with Crippen LogP contribution in [-0.4, -0.2) is 16.4 Å². The highest BCUT2D eigenvalue weighted by atomic mass is 16.2. The number of amides is 1. The van der Waals surface area contributed by atoms with Crippen molar-refractivity contribution in [3.8, 4) is 0 Å². The summed E-state index contributed by atoms with van der Waals surface area (Å²) in [6, 6.07) is 28.7. The first kappa shape index (κ1) is 17.3. The predicted octanol–water partition coefficient (Wildman–Crippen LogP) is 4.50. The largest absolute Gasteiger partial charge is 0.361 e. The Morgan fingerprint density at radius 3 is 1.65 bits per heavy atom. The lowest BCUT2D eigenvalue weighted by Crippen LogP contribution is -2.39. The number of rotatable bonds is 5. The van der Waals surface area contributed by atoms with Gasteiger partial charge in [0.15, 0.2) is 0 Å². The summed E-state index contributed by atoms with van der Waals surface area (Å²) in [7, 11) is 0. The Labute approximate surface area is 153 Å². The van der Waals surface area contributed by atoms with E-state index in [1.807, 2.05) is 91.0 Å². The van der Waals surface area contributed by atoms with Crippen molar-refractivity contribution in [1.29, 1.82) is 0 Å². The molecule has 0 saturated carbocycles. The summed E-state index contributed by atoms with van der Waals surface area (Å²) < 4.78 is 0. The van der Waals surface area contributed by atoms with Gasteiger partial charge in [0.1, 0.15) is 0 Å². The topological polar surface area (TPSA) is 56.7 Å². The molecule has 0 N–H and O–H groups in total. The van der Waals surface area contributed by atoms with Gasteiger partial charge in [0.25, 0.3) is 0 Å². The highest BCUT2D eigenvalue weighted by Gasteiger charge is 2.32. The average Bonchev–Trinajstić information content (AvgIpc) is 2.72. The molecule has 0 fully saturated rings. The van der Waals surface area contributed by atoms with Gasteiger partial charge in [0, 0.05) is 12.6 Å². The Balaban J connectivity index is 2.22. The minimum Gasteiger partial charge on any atom is -0.361 e. The third-order valence-electron chi connectivity index (χ3n) is 4.20. The molecule has 26 heavy (non-hydrogen) atoms. The van der Waals surface area contributed by atoms with Gasteiger partial charge < -0.3 is 5.53 Å². The molecule has 0 aliphatic heterocycles. The SMILES string of the molecule is CC(=[N+]=[N-])C(=O)N(c1ccccc1)C(c1ccccc1)c1ccccc1. The molecule has 0 unspecified atom stereocenters. The number of carbonyl (C=O) groups is 1. The Bertz CT molecular complexity index is 878. The van der Waals surface area contributed by atoms with Crippen molar-refractivity contribution in [2.45, 2.75) is 13.0 Å². The zero-order chi connectivity index (χ0) is 18.4. The second-order valence-electron chi connectivity index (χ2n) is 5.92. The number of nitrogens with zero attached hydrogens (tertiary/aromatic N) is 3. The van der Waals surface area contributed by atoms with Crippen LogP contribution in [0.15, 0.2) is 91.0 Å². The lowest BCUT2D eigenvalue weighted by atomic mass is 9.96. The molecule has 0 spiro atoms. The zero-order valence-electron chi connectivity index (χ0n) is 14.5. The van der Waals surface area contributed by atoms with Crippen LogP contribution in [0.4, 0.5) is 5.69 Å². The first-order valence-electron chi connectivity index (χ1n) is 8.39. The molecule has 3 aromatic rings. The summed E-state index contributed by atoms with van der Waals surface area (Å²) in [6.07, 6.45) is 0. The maximum atomic E-state index is 13.1. The van der Waals surface area contributed by atoms with Crippen molar-refractivity contribution in [2.75, 3.05) is 4.90 Å². The van der Waals surface area contributed by atoms with E-state index in [9.17, 15) is 4.79 Å². The quantitative estimate of drug-likeness (QED) is 0.383. The van der Waals surface area contributed by atoms with E-state index >= 15 is 0 Å². The van der Waals surface area contributed by atoms with Gasteiger partial charge in [-0.3, -0.25) is 9.69 Å². The molecule has 3 aromatic carbocycles. The molecular formula is C22H19N3O. The summed E-state index contributed by atoms with van der Waals surface area (Å²) in [5, 5.41) is 0. The van der Waals surface area contributed by atoms with Gasteiger partial charge in [-0.2, -0.15) is 4.79 Å². The molecule has 0 aromatic heterocycles. The molecule has 0 atom stereocenters. The van der Waals surface area contributed by atoms with E-state index in [0.717, 1.165) is 16.8 Å². The summed E-state index contributed by atoms with van der Waals surface area (Å²) in [5.74, 6) is -0.351. The van der Waals surface area contributed by atoms with Gasteiger partial charge in [-0.05, 0) is 23.3 Å². The molecular weight excluding hydrogens is 322 g/mol. The predicted molar refractivity (Wildman–Crippen MR) is 103 cm³/mol. The van der Waals surface area contributed by atoms with Gasteiger partial charge >= 0.3 is 11.6 Å². The van der Waals surface area contributed by atoms with E-state index in [4.69, 9.17) is 5.53 Å². The number of hydrogen-bond donors (Lipinski definition) is 0. The average molecular weight is 341 g/mol. The minimum atomic E-state index is -0.351. The van der Waals surface area contributed by atoms with Crippen molar-refractivity contribution < 1.29 is 9.58 Å². The molecule has 0 heterocycles. The molecule has 128 valence electrons. The van der Waals surface area contributed by atoms with Gasteiger partial charge in [0.05, 0.1) is 6.04 Å². The molecule has 0 saturated heterocycles. The second kappa shape index (κ2) is 8.06. The highest BCUT2D eigenvalue weighted by molar-refractivity contribution is 6.40. The van der Waals surface area contributed by atoms with Crippen LogP contribution >= 0.6 is 0 Å². The Kier molecular flexibility index (Phi) is 5.37. The van der Waals surface area contributed by atoms with Crippen molar-refractivity contribution in [1.82, 2.24) is 0 Å². The van der Waals surface area contributed by atoms with Crippen molar-refractivity contribution in [3.05, 3.63) is 108 Å². The first-order valence-corrected chi connectivity index (χ1v) is 8.39. The number of hydrogen-bond acceptors (Lipinski definition) is 1. The standard InChI is InChI=1S/C22H19N3O/c1-17(24-23)22(26)25(20-15-9-4-10-16-20)21(18-11-5-2-6-12-18)19-13-7-3-8-14-19/h2-16,21H,1H3. The smallest absolute Gasteiger partial charge is 0.353 e. The molecule has 0 aliphatic rings. The van der Waals surface area contributed by atoms with Crippen LogP contribution in [0.3, 0.4) is 0 Å². The second-order valence-corrected chi connectivity index (χ2v) is 5.92. The lowest BCUT2D eigenvalue weighted by molar-refractivity contribution is -0.117. The van der Waals surface area contributed by atoms with Crippen LogP contribution in [0.5, 0.6) is 0 Å². The normalized spacial score (nSPS) is 10.2. The maximum absolute atomic E-state index is 13.1.